The van der Waals surface area contributed by atoms with Crippen LogP contribution in [0.3, 0.4) is 0 Å². The van der Waals surface area contributed by atoms with Gasteiger partial charge in [-0.05, 0) is 38.3 Å². The smallest absolute Gasteiger partial charge is 0.326 e. The Morgan fingerprint density at radius 1 is 1.14 bits per heavy atom. The number of carbonyl (C=O) groups is 1. The fourth-order valence-electron chi connectivity index (χ4n) is 3.51. The van der Waals surface area contributed by atoms with Crippen molar-refractivity contribution in [3.05, 3.63) is 0 Å². The van der Waals surface area contributed by atoms with Gasteiger partial charge in [-0.2, -0.15) is 0 Å². The van der Waals surface area contributed by atoms with Crippen LogP contribution in [0.25, 0.3) is 0 Å². The minimum absolute atomic E-state index is 0.0548. The summed E-state index contributed by atoms with van der Waals surface area (Å²) < 4.78 is 5.42. The van der Waals surface area contributed by atoms with E-state index in [-0.39, 0.29) is 11.4 Å². The van der Waals surface area contributed by atoms with Crippen molar-refractivity contribution in [3.63, 3.8) is 0 Å². The first-order chi connectivity index (χ1) is 9.93. The first-order valence-corrected chi connectivity index (χ1v) is 8.58. The molecule has 0 aliphatic heterocycles. The van der Waals surface area contributed by atoms with Crippen LogP contribution in [0.15, 0.2) is 0 Å². The summed E-state index contributed by atoms with van der Waals surface area (Å²) in [6.07, 6.45) is 4.26. The van der Waals surface area contributed by atoms with Crippen molar-refractivity contribution in [2.75, 3.05) is 32.8 Å². The standard InChI is InChI=1S/C17H34N2O2/c1-6-19(7-2)14-13-18-17(15(20)21-8-3)12-10-9-11-16(17,4)5/h18H,6-14H2,1-5H3. The summed E-state index contributed by atoms with van der Waals surface area (Å²) in [5.41, 5.74) is -0.574. The Morgan fingerprint density at radius 2 is 1.76 bits per heavy atom. The first kappa shape index (κ1) is 18.4. The SMILES string of the molecule is CCOC(=O)C1(NCCN(CC)CC)CCCCC1(C)C. The average molecular weight is 298 g/mol. The molecule has 0 saturated heterocycles. The number of hydrogen-bond acceptors (Lipinski definition) is 4. The molecule has 0 amide bonds. The van der Waals surface area contributed by atoms with E-state index in [2.05, 4.69) is 37.9 Å². The monoisotopic (exact) mass is 298 g/mol. The van der Waals surface area contributed by atoms with Gasteiger partial charge in [-0.25, -0.2) is 0 Å². The predicted octanol–water partition coefficient (Wildman–Crippen LogP) is 2.82. The molecule has 21 heavy (non-hydrogen) atoms. The molecule has 0 aromatic carbocycles. The Labute approximate surface area is 130 Å². The summed E-state index contributed by atoms with van der Waals surface area (Å²) >= 11 is 0. The Hall–Kier alpha value is -0.610. The summed E-state index contributed by atoms with van der Waals surface area (Å²) in [6, 6.07) is 0. The number of nitrogens with zero attached hydrogens (tertiary/aromatic N) is 1. The van der Waals surface area contributed by atoms with E-state index in [9.17, 15) is 4.79 Å². The zero-order valence-electron chi connectivity index (χ0n) is 14.6. The molecule has 1 aliphatic carbocycles. The molecule has 1 saturated carbocycles. The average Bonchev–Trinajstić information content (AvgIpc) is 2.45. The lowest BCUT2D eigenvalue weighted by Gasteiger charge is -2.48. The van der Waals surface area contributed by atoms with E-state index in [4.69, 9.17) is 4.74 Å². The fraction of sp³-hybridized carbons (Fsp3) is 0.941. The highest BCUT2D eigenvalue weighted by molar-refractivity contribution is 5.82. The fourth-order valence-corrected chi connectivity index (χ4v) is 3.51. The Bertz CT molecular complexity index is 327. The van der Waals surface area contributed by atoms with E-state index in [1.807, 2.05) is 6.92 Å². The summed E-state index contributed by atoms with van der Waals surface area (Å²) in [5.74, 6) is -0.0609. The lowest BCUT2D eigenvalue weighted by molar-refractivity contribution is -0.159. The van der Waals surface area contributed by atoms with Crippen molar-refractivity contribution in [2.24, 2.45) is 5.41 Å². The van der Waals surface area contributed by atoms with Gasteiger partial charge in [0.1, 0.15) is 5.54 Å². The maximum atomic E-state index is 12.7. The molecule has 0 aromatic heterocycles. The summed E-state index contributed by atoms with van der Waals surface area (Å²) in [5, 5.41) is 3.59. The van der Waals surface area contributed by atoms with Gasteiger partial charge in [0, 0.05) is 13.1 Å². The number of nitrogens with one attached hydrogen (secondary N) is 1. The van der Waals surface area contributed by atoms with E-state index < -0.39 is 5.54 Å². The van der Waals surface area contributed by atoms with E-state index in [0.29, 0.717) is 6.61 Å². The van der Waals surface area contributed by atoms with Gasteiger partial charge in [0.2, 0.25) is 0 Å². The van der Waals surface area contributed by atoms with Crippen LogP contribution in [0.2, 0.25) is 0 Å². The highest BCUT2D eigenvalue weighted by Gasteiger charge is 2.52. The van der Waals surface area contributed by atoms with Crippen molar-refractivity contribution in [1.82, 2.24) is 10.2 Å². The lowest BCUT2D eigenvalue weighted by Crippen LogP contribution is -2.64. The molecular weight excluding hydrogens is 264 g/mol. The molecule has 124 valence electrons. The van der Waals surface area contributed by atoms with Crippen LogP contribution < -0.4 is 5.32 Å². The number of rotatable bonds is 8. The largest absolute Gasteiger partial charge is 0.465 e. The van der Waals surface area contributed by atoms with Crippen LogP contribution in [0, 0.1) is 5.41 Å². The third-order valence-corrected chi connectivity index (χ3v) is 5.13. The van der Waals surface area contributed by atoms with E-state index in [0.717, 1.165) is 45.4 Å². The zero-order chi connectivity index (χ0) is 15.9. The molecule has 0 heterocycles. The molecule has 1 unspecified atom stereocenters. The number of ether oxygens (including phenoxy) is 1. The Kier molecular flexibility index (Phi) is 7.14. The molecule has 4 nitrogen and oxygen atoms in total. The van der Waals surface area contributed by atoms with Crippen molar-refractivity contribution in [2.45, 2.75) is 65.8 Å². The molecular formula is C17H34N2O2. The molecule has 1 atom stereocenters. The molecule has 4 heteroatoms. The number of likely N-dealkylation sites (N-methyl/N-ethyl adjacent to an activating group) is 1. The van der Waals surface area contributed by atoms with Crippen LogP contribution in [-0.2, 0) is 9.53 Å². The molecule has 1 fully saturated rings. The van der Waals surface area contributed by atoms with Crippen LogP contribution in [0.4, 0.5) is 0 Å². The maximum Gasteiger partial charge on any atom is 0.326 e. The molecule has 1 aliphatic rings. The number of carbonyl (C=O) groups excluding carboxylic acids is 1. The first-order valence-electron chi connectivity index (χ1n) is 8.58. The van der Waals surface area contributed by atoms with Crippen molar-refractivity contribution >= 4 is 5.97 Å². The van der Waals surface area contributed by atoms with Crippen molar-refractivity contribution < 1.29 is 9.53 Å². The van der Waals surface area contributed by atoms with Gasteiger partial charge >= 0.3 is 5.97 Å². The van der Waals surface area contributed by atoms with Gasteiger partial charge in [-0.15, -0.1) is 0 Å². The molecule has 1 N–H and O–H groups in total. The molecule has 0 bridgehead atoms. The van der Waals surface area contributed by atoms with E-state index in [1.165, 1.54) is 6.42 Å². The Morgan fingerprint density at radius 3 is 2.29 bits per heavy atom. The molecule has 1 rings (SSSR count). The van der Waals surface area contributed by atoms with Gasteiger partial charge in [-0.1, -0.05) is 40.5 Å². The maximum absolute atomic E-state index is 12.7. The number of esters is 1. The summed E-state index contributed by atoms with van der Waals surface area (Å²) in [4.78, 5) is 15.0. The molecule has 0 aromatic rings. The van der Waals surface area contributed by atoms with Gasteiger partial charge in [0.05, 0.1) is 6.61 Å². The van der Waals surface area contributed by atoms with Crippen LogP contribution in [0.5, 0.6) is 0 Å². The summed E-state index contributed by atoms with van der Waals surface area (Å²) in [6.45, 7) is 15.0. The quantitative estimate of drug-likeness (QED) is 0.700. The third-order valence-electron chi connectivity index (χ3n) is 5.13. The highest BCUT2D eigenvalue weighted by atomic mass is 16.5. The topological polar surface area (TPSA) is 41.6 Å². The minimum Gasteiger partial charge on any atom is -0.465 e. The highest BCUT2D eigenvalue weighted by Crippen LogP contribution is 2.44. The summed E-state index contributed by atoms with van der Waals surface area (Å²) in [7, 11) is 0. The second kappa shape index (κ2) is 8.14. The second-order valence-corrected chi connectivity index (χ2v) is 6.67. The van der Waals surface area contributed by atoms with Gasteiger partial charge in [0.15, 0.2) is 0 Å². The van der Waals surface area contributed by atoms with Gasteiger partial charge in [0.25, 0.3) is 0 Å². The Balaban J connectivity index is 2.80. The zero-order valence-corrected chi connectivity index (χ0v) is 14.6. The molecule has 0 radical (unpaired) electrons. The van der Waals surface area contributed by atoms with Gasteiger partial charge in [-0.3, -0.25) is 4.79 Å². The predicted molar refractivity (Wildman–Crippen MR) is 87.4 cm³/mol. The second-order valence-electron chi connectivity index (χ2n) is 6.67. The molecule has 0 spiro atoms. The number of hydrogen-bond donors (Lipinski definition) is 1. The van der Waals surface area contributed by atoms with E-state index in [1.54, 1.807) is 0 Å². The van der Waals surface area contributed by atoms with E-state index >= 15 is 0 Å². The van der Waals surface area contributed by atoms with Gasteiger partial charge < -0.3 is 15.0 Å². The normalized spacial score (nSPS) is 25.0. The lowest BCUT2D eigenvalue weighted by atomic mass is 9.63. The third kappa shape index (κ3) is 4.19. The van der Waals surface area contributed by atoms with Crippen molar-refractivity contribution in [1.29, 1.82) is 0 Å². The van der Waals surface area contributed by atoms with Crippen LogP contribution in [-0.4, -0.2) is 49.2 Å². The minimum atomic E-state index is -0.519. The van der Waals surface area contributed by atoms with Crippen molar-refractivity contribution in [3.8, 4) is 0 Å². The van der Waals surface area contributed by atoms with Crippen LogP contribution >= 0.6 is 0 Å². The van der Waals surface area contributed by atoms with Crippen LogP contribution in [0.1, 0.15) is 60.3 Å².